The fraction of sp³-hybridized carbons (Fsp3) is 0.588. The zero-order valence-electron chi connectivity index (χ0n) is 13.6. The summed E-state index contributed by atoms with van der Waals surface area (Å²) in [6, 6.07) is 8.58. The van der Waals surface area contributed by atoms with Crippen LogP contribution in [0.5, 0.6) is 5.75 Å². The van der Waals surface area contributed by atoms with Gasteiger partial charge < -0.3 is 15.4 Å². The lowest BCUT2D eigenvalue weighted by molar-refractivity contribution is 0.239. The molecule has 1 heterocycles. The van der Waals surface area contributed by atoms with Crippen LogP contribution in [0.25, 0.3) is 0 Å². The maximum atomic E-state index is 5.55. The zero-order valence-corrected chi connectivity index (χ0v) is 14.4. The Bertz CT molecular complexity index is 475. The summed E-state index contributed by atoms with van der Waals surface area (Å²) in [5, 5.41) is 7.33. The van der Waals surface area contributed by atoms with Crippen molar-refractivity contribution in [3.8, 4) is 5.75 Å². The van der Waals surface area contributed by atoms with E-state index in [0.717, 1.165) is 43.5 Å². The minimum Gasteiger partial charge on any atom is -0.496 e. The van der Waals surface area contributed by atoms with Crippen molar-refractivity contribution in [3.63, 3.8) is 0 Å². The van der Waals surface area contributed by atoms with Gasteiger partial charge in [0, 0.05) is 18.7 Å². The molecule has 0 spiro atoms. The molecule has 1 aliphatic rings. The summed E-state index contributed by atoms with van der Waals surface area (Å²) in [7, 11) is 1.74. The van der Waals surface area contributed by atoms with E-state index in [9.17, 15) is 0 Å². The fourth-order valence-electron chi connectivity index (χ4n) is 2.92. The minimum atomic E-state index is 0.292. The molecule has 2 rings (SSSR count). The lowest BCUT2D eigenvalue weighted by Crippen LogP contribution is -2.41. The maximum absolute atomic E-state index is 5.55. The first-order chi connectivity index (χ1) is 10.8. The number of methoxy groups -OCH3 is 1. The molecule has 1 aliphatic heterocycles. The van der Waals surface area contributed by atoms with Gasteiger partial charge in [0.25, 0.3) is 0 Å². The second-order valence-electron chi connectivity index (χ2n) is 5.64. The van der Waals surface area contributed by atoms with Gasteiger partial charge in [-0.25, -0.2) is 0 Å². The molecule has 0 aliphatic carbocycles. The van der Waals surface area contributed by atoms with Gasteiger partial charge >= 0.3 is 0 Å². The number of ether oxygens (including phenoxy) is 1. The van der Waals surface area contributed by atoms with Gasteiger partial charge in [-0.05, 0) is 50.6 Å². The smallest absolute Gasteiger partial charge is 0.166 e. The molecule has 1 unspecified atom stereocenters. The van der Waals surface area contributed by atoms with Gasteiger partial charge in [-0.15, -0.1) is 0 Å². The molecule has 4 nitrogen and oxygen atoms in total. The molecule has 0 radical (unpaired) electrons. The van der Waals surface area contributed by atoms with Crippen molar-refractivity contribution < 1.29 is 4.74 Å². The summed E-state index contributed by atoms with van der Waals surface area (Å²) in [6.07, 6.45) is 3.61. The Morgan fingerprint density at radius 3 is 2.68 bits per heavy atom. The van der Waals surface area contributed by atoms with Crippen molar-refractivity contribution in [3.05, 3.63) is 29.8 Å². The van der Waals surface area contributed by atoms with Gasteiger partial charge in [0.1, 0.15) is 5.75 Å². The Kier molecular flexibility index (Phi) is 6.93. The summed E-state index contributed by atoms with van der Waals surface area (Å²) in [6.45, 7) is 6.13. The van der Waals surface area contributed by atoms with Crippen LogP contribution in [0.2, 0.25) is 0 Å². The SMILES string of the molecule is CCCNC(=S)NCC(c1ccccc1OC)N1CCCC1. The van der Waals surface area contributed by atoms with Crippen LogP contribution < -0.4 is 15.4 Å². The van der Waals surface area contributed by atoms with E-state index in [0.29, 0.717) is 6.04 Å². The monoisotopic (exact) mass is 321 g/mol. The Morgan fingerprint density at radius 1 is 1.27 bits per heavy atom. The van der Waals surface area contributed by atoms with Crippen LogP contribution in [0, 0.1) is 0 Å². The topological polar surface area (TPSA) is 36.5 Å². The number of hydrogen-bond acceptors (Lipinski definition) is 3. The number of likely N-dealkylation sites (tertiary alicyclic amines) is 1. The van der Waals surface area contributed by atoms with Crippen molar-refractivity contribution >= 4 is 17.3 Å². The fourth-order valence-corrected chi connectivity index (χ4v) is 3.11. The van der Waals surface area contributed by atoms with Crippen molar-refractivity contribution in [1.29, 1.82) is 0 Å². The Labute approximate surface area is 139 Å². The van der Waals surface area contributed by atoms with E-state index in [2.05, 4.69) is 34.6 Å². The van der Waals surface area contributed by atoms with E-state index >= 15 is 0 Å². The summed E-state index contributed by atoms with van der Waals surface area (Å²) in [4.78, 5) is 2.52. The Morgan fingerprint density at radius 2 is 2.00 bits per heavy atom. The number of nitrogens with one attached hydrogen (secondary N) is 2. The lowest BCUT2D eigenvalue weighted by atomic mass is 10.0. The van der Waals surface area contributed by atoms with Crippen molar-refractivity contribution in [2.45, 2.75) is 32.2 Å². The average molecular weight is 321 g/mol. The van der Waals surface area contributed by atoms with Gasteiger partial charge in [-0.2, -0.15) is 0 Å². The van der Waals surface area contributed by atoms with Crippen LogP contribution in [0.1, 0.15) is 37.8 Å². The average Bonchev–Trinajstić information content (AvgIpc) is 3.07. The summed E-state index contributed by atoms with van der Waals surface area (Å²) in [5.41, 5.74) is 1.23. The molecule has 1 saturated heterocycles. The first kappa shape index (κ1) is 17.0. The van der Waals surface area contributed by atoms with Crippen LogP contribution in [0.3, 0.4) is 0 Å². The lowest BCUT2D eigenvalue weighted by Gasteiger charge is -2.29. The summed E-state index contributed by atoms with van der Waals surface area (Å²) in [5.74, 6) is 0.952. The normalized spacial score (nSPS) is 16.3. The quantitative estimate of drug-likeness (QED) is 0.755. The highest BCUT2D eigenvalue weighted by atomic mass is 32.1. The Hall–Kier alpha value is -1.33. The van der Waals surface area contributed by atoms with Crippen LogP contribution in [0.15, 0.2) is 24.3 Å². The molecular weight excluding hydrogens is 294 g/mol. The highest BCUT2D eigenvalue weighted by molar-refractivity contribution is 7.80. The molecule has 0 aromatic heterocycles. The number of benzene rings is 1. The van der Waals surface area contributed by atoms with Crippen LogP contribution in [-0.4, -0.2) is 43.3 Å². The first-order valence-electron chi connectivity index (χ1n) is 8.15. The number of para-hydroxylation sites is 1. The molecule has 1 atom stereocenters. The second-order valence-corrected chi connectivity index (χ2v) is 6.05. The summed E-state index contributed by atoms with van der Waals surface area (Å²) >= 11 is 5.35. The van der Waals surface area contributed by atoms with Gasteiger partial charge in [0.05, 0.1) is 13.2 Å². The Balaban J connectivity index is 2.07. The van der Waals surface area contributed by atoms with Crippen molar-refractivity contribution in [1.82, 2.24) is 15.5 Å². The molecule has 22 heavy (non-hydrogen) atoms. The van der Waals surface area contributed by atoms with Crippen LogP contribution in [0.4, 0.5) is 0 Å². The predicted octanol–water partition coefficient (Wildman–Crippen LogP) is 2.71. The van der Waals surface area contributed by atoms with Crippen LogP contribution >= 0.6 is 12.2 Å². The molecule has 1 aromatic rings. The molecule has 0 saturated carbocycles. The van der Waals surface area contributed by atoms with E-state index in [-0.39, 0.29) is 0 Å². The molecule has 1 aromatic carbocycles. The molecular formula is C17H27N3OS. The molecule has 0 bridgehead atoms. The molecule has 122 valence electrons. The largest absolute Gasteiger partial charge is 0.496 e. The number of rotatable bonds is 7. The molecule has 0 amide bonds. The molecule has 5 heteroatoms. The molecule has 2 N–H and O–H groups in total. The van der Waals surface area contributed by atoms with Crippen molar-refractivity contribution in [2.75, 3.05) is 33.3 Å². The van der Waals surface area contributed by atoms with E-state index in [4.69, 9.17) is 17.0 Å². The van der Waals surface area contributed by atoms with E-state index in [1.807, 2.05) is 12.1 Å². The third kappa shape index (κ3) is 4.58. The maximum Gasteiger partial charge on any atom is 0.166 e. The standard InChI is InChI=1S/C17H27N3OS/c1-3-10-18-17(22)19-13-15(20-11-6-7-12-20)14-8-4-5-9-16(14)21-2/h4-5,8-9,15H,3,6-7,10-13H2,1-2H3,(H2,18,19,22). The van der Waals surface area contributed by atoms with Gasteiger partial charge in [0.15, 0.2) is 5.11 Å². The minimum absolute atomic E-state index is 0.292. The van der Waals surface area contributed by atoms with E-state index in [1.165, 1.54) is 18.4 Å². The predicted molar refractivity (Wildman–Crippen MR) is 95.4 cm³/mol. The number of hydrogen-bond donors (Lipinski definition) is 2. The molecule has 1 fully saturated rings. The number of nitrogens with zero attached hydrogens (tertiary/aromatic N) is 1. The zero-order chi connectivity index (χ0) is 15.8. The third-order valence-electron chi connectivity index (χ3n) is 4.07. The first-order valence-corrected chi connectivity index (χ1v) is 8.55. The third-order valence-corrected chi connectivity index (χ3v) is 4.36. The highest BCUT2D eigenvalue weighted by Gasteiger charge is 2.25. The van der Waals surface area contributed by atoms with E-state index < -0.39 is 0 Å². The van der Waals surface area contributed by atoms with E-state index in [1.54, 1.807) is 7.11 Å². The number of thiocarbonyl (C=S) groups is 1. The van der Waals surface area contributed by atoms with Crippen LogP contribution in [-0.2, 0) is 0 Å². The van der Waals surface area contributed by atoms with Gasteiger partial charge in [0.2, 0.25) is 0 Å². The summed E-state index contributed by atoms with van der Waals surface area (Å²) < 4.78 is 5.55. The van der Waals surface area contributed by atoms with Gasteiger partial charge in [-0.3, -0.25) is 4.90 Å². The second kappa shape index (κ2) is 8.96. The van der Waals surface area contributed by atoms with Crippen molar-refractivity contribution in [2.24, 2.45) is 0 Å². The van der Waals surface area contributed by atoms with Gasteiger partial charge in [-0.1, -0.05) is 25.1 Å². The highest BCUT2D eigenvalue weighted by Crippen LogP contribution is 2.31.